The largest absolute Gasteiger partial charge is 0.394 e. The number of aliphatic hydroxyl groups is 13. The molecule has 3 saturated carbocycles. The summed E-state index contributed by atoms with van der Waals surface area (Å²) in [6, 6.07) is 0. The molecule has 0 amide bonds. The van der Waals surface area contributed by atoms with E-state index in [9.17, 15) is 66.4 Å². The Labute approximate surface area is 427 Å². The third kappa shape index (κ3) is 10.7. The second-order valence-corrected chi connectivity index (χ2v) is 23.7. The van der Waals surface area contributed by atoms with E-state index >= 15 is 0 Å². The summed E-state index contributed by atoms with van der Waals surface area (Å²) in [5, 5.41) is 141. The van der Waals surface area contributed by atoms with Crippen molar-refractivity contribution in [3.05, 3.63) is 23.8 Å². The Morgan fingerprint density at radius 3 is 1.75 bits per heavy atom. The monoisotopic (exact) mass is 1050 g/mol. The molecule has 13 N–H and O–H groups in total. The van der Waals surface area contributed by atoms with Gasteiger partial charge in [-0.1, -0.05) is 58.4 Å². The fourth-order valence-corrected chi connectivity index (χ4v) is 14.3. The van der Waals surface area contributed by atoms with Crippen molar-refractivity contribution in [1.82, 2.24) is 0 Å². The molecule has 4 saturated heterocycles. The second kappa shape index (κ2) is 22.8. The van der Waals surface area contributed by atoms with E-state index in [0.29, 0.717) is 50.9 Å². The molecule has 8 rings (SSSR count). The summed E-state index contributed by atoms with van der Waals surface area (Å²) >= 11 is 0. The molecule has 30 unspecified atom stereocenters. The van der Waals surface area contributed by atoms with Crippen molar-refractivity contribution >= 4 is 0 Å². The summed E-state index contributed by atoms with van der Waals surface area (Å²) in [5.41, 5.74) is 1.36. The fraction of sp³-hybridized carbons (Fsp3) is 0.923. The maximum atomic E-state index is 12.1. The van der Waals surface area contributed by atoms with Gasteiger partial charge in [-0.3, -0.25) is 0 Å². The lowest BCUT2D eigenvalue weighted by Crippen LogP contribution is -2.66. The summed E-state index contributed by atoms with van der Waals surface area (Å²) in [4.78, 5) is 0. The van der Waals surface area contributed by atoms with Crippen molar-refractivity contribution in [2.45, 2.75) is 241 Å². The summed E-state index contributed by atoms with van der Waals surface area (Å²) in [6.45, 7) is 17.2. The van der Waals surface area contributed by atoms with Crippen molar-refractivity contribution in [1.29, 1.82) is 0 Å². The standard InChI is InChI=1S/C52H86O21/c1-20(2)9-12-30(55)22(4)34-31(69-49-43(64)40(61)37(58)32(18-53)70-49)17-29-27-11-10-25-16-26(13-14-51(25,7)28(27)15-21(3)52(29,34)8)68-50-46(73-48-42(63)39(60)36(57)24(6)67-48)44(65)45(33(19-54)71-50)72-47-41(62)38(59)35(56)23(5)66-47/h10,20,22-24,26-50,53-65H,3,9,11-19H2,1-2,4-8H3. The Kier molecular flexibility index (Phi) is 18.0. The molecular weight excluding hydrogens is 961 g/mol. The normalized spacial score (nSPS) is 52.2. The molecule has 7 fully saturated rings. The van der Waals surface area contributed by atoms with Gasteiger partial charge in [0.15, 0.2) is 25.2 Å². The number of ether oxygens (including phenoxy) is 8. The second-order valence-electron chi connectivity index (χ2n) is 23.7. The number of fused-ring (bicyclic) bond motifs is 5. The highest BCUT2D eigenvalue weighted by atomic mass is 16.8. The predicted octanol–water partition coefficient (Wildman–Crippen LogP) is -1.15. The molecule has 0 aromatic rings. The van der Waals surface area contributed by atoms with Crippen LogP contribution in [0.4, 0.5) is 0 Å². The molecule has 0 aromatic heterocycles. The molecule has 8 aliphatic rings. The topological polar surface area (TPSA) is 337 Å². The average Bonchev–Trinajstić information content (AvgIpc) is 3.66. The minimum atomic E-state index is -1.78. The Hall–Kier alpha value is -1.36. The zero-order valence-corrected chi connectivity index (χ0v) is 43.2. The Morgan fingerprint density at radius 2 is 1.18 bits per heavy atom. The molecule has 0 spiro atoms. The number of hydrogen-bond acceptors (Lipinski definition) is 21. The van der Waals surface area contributed by atoms with E-state index in [1.807, 2.05) is 6.92 Å². The van der Waals surface area contributed by atoms with Gasteiger partial charge < -0.3 is 104 Å². The van der Waals surface area contributed by atoms with E-state index < -0.39 is 160 Å². The van der Waals surface area contributed by atoms with Gasteiger partial charge in [0.1, 0.15) is 85.5 Å². The average molecular weight is 1050 g/mol. The highest BCUT2D eigenvalue weighted by Crippen LogP contribution is 2.69. The first-order valence-electron chi connectivity index (χ1n) is 26.7. The van der Waals surface area contributed by atoms with Crippen LogP contribution < -0.4 is 0 Å². The van der Waals surface area contributed by atoms with Crippen LogP contribution >= 0.6 is 0 Å². The smallest absolute Gasteiger partial charge is 0.187 e. The molecular formula is C52H86O21. The number of rotatable bonds is 15. The van der Waals surface area contributed by atoms with Crippen LogP contribution in [0.25, 0.3) is 0 Å². The first-order valence-corrected chi connectivity index (χ1v) is 26.7. The molecule has 0 bridgehead atoms. The molecule has 4 aliphatic carbocycles. The molecule has 0 aromatic carbocycles. The highest BCUT2D eigenvalue weighted by Gasteiger charge is 2.65. The minimum absolute atomic E-state index is 0.0268. The van der Waals surface area contributed by atoms with Gasteiger partial charge in [-0.25, -0.2) is 0 Å². The van der Waals surface area contributed by atoms with Gasteiger partial charge in [0.05, 0.1) is 43.7 Å². The SMILES string of the molecule is C=C1CC2C(CC=C3CC(OC4OC(CO)C(OC5OC(C)C(O)C(O)C5O)C(O)C4OC4OC(C)C(O)C(O)C4O)CCC32C)C2CC(OC3OC(CO)C(O)C(O)C3O)C(C(C)C(O)CCC(C)C)C12C. The molecule has 4 aliphatic heterocycles. The minimum Gasteiger partial charge on any atom is -0.394 e. The van der Waals surface area contributed by atoms with Crippen LogP contribution in [0.5, 0.6) is 0 Å². The summed E-state index contributed by atoms with van der Waals surface area (Å²) < 4.78 is 49.3. The molecule has 21 heteroatoms. The van der Waals surface area contributed by atoms with E-state index in [0.717, 1.165) is 17.6 Å². The molecule has 21 nitrogen and oxygen atoms in total. The lowest BCUT2D eigenvalue weighted by molar-refractivity contribution is -0.388. The van der Waals surface area contributed by atoms with Gasteiger partial charge >= 0.3 is 0 Å². The van der Waals surface area contributed by atoms with Crippen molar-refractivity contribution in [2.24, 2.45) is 46.3 Å². The maximum Gasteiger partial charge on any atom is 0.187 e. The first-order chi connectivity index (χ1) is 34.4. The first kappa shape index (κ1) is 57.8. The van der Waals surface area contributed by atoms with Gasteiger partial charge in [-0.2, -0.15) is 0 Å². The van der Waals surface area contributed by atoms with Crippen LogP contribution in [0.2, 0.25) is 0 Å². The van der Waals surface area contributed by atoms with E-state index in [2.05, 4.69) is 33.8 Å². The van der Waals surface area contributed by atoms with Crippen LogP contribution in [0.3, 0.4) is 0 Å². The van der Waals surface area contributed by atoms with Crippen LogP contribution in [0, 0.1) is 46.3 Å². The number of allylic oxidation sites excluding steroid dienone is 2. The Morgan fingerprint density at radius 1 is 0.630 bits per heavy atom. The molecule has 4 heterocycles. The number of hydrogen-bond donors (Lipinski definition) is 13. The van der Waals surface area contributed by atoms with Gasteiger partial charge in [0.2, 0.25) is 0 Å². The molecule has 420 valence electrons. The summed E-state index contributed by atoms with van der Waals surface area (Å²) in [6.07, 6.45) is -24.2. The maximum absolute atomic E-state index is 12.1. The lowest BCUT2D eigenvalue weighted by atomic mass is 9.45. The third-order valence-corrected chi connectivity index (χ3v) is 18.9. The van der Waals surface area contributed by atoms with E-state index in [-0.39, 0.29) is 35.0 Å². The zero-order chi connectivity index (χ0) is 53.3. The van der Waals surface area contributed by atoms with E-state index in [4.69, 9.17) is 44.5 Å². The van der Waals surface area contributed by atoms with Crippen LogP contribution in [0.15, 0.2) is 23.8 Å². The van der Waals surface area contributed by atoms with Crippen LogP contribution in [-0.4, -0.2) is 221 Å². The van der Waals surface area contributed by atoms with Gasteiger partial charge in [0.25, 0.3) is 0 Å². The van der Waals surface area contributed by atoms with Crippen molar-refractivity contribution in [3.63, 3.8) is 0 Å². The van der Waals surface area contributed by atoms with Crippen molar-refractivity contribution < 1.29 is 104 Å². The molecule has 0 radical (unpaired) electrons. The molecule has 73 heavy (non-hydrogen) atoms. The van der Waals surface area contributed by atoms with Crippen molar-refractivity contribution in [3.8, 4) is 0 Å². The van der Waals surface area contributed by atoms with Crippen LogP contribution in [0.1, 0.15) is 99.8 Å². The highest BCUT2D eigenvalue weighted by molar-refractivity contribution is 5.32. The third-order valence-electron chi connectivity index (χ3n) is 18.9. The number of aliphatic hydroxyl groups excluding tert-OH is 13. The van der Waals surface area contributed by atoms with E-state index in [1.54, 1.807) is 0 Å². The van der Waals surface area contributed by atoms with Crippen LogP contribution in [-0.2, 0) is 37.9 Å². The lowest BCUT2D eigenvalue weighted by Gasteiger charge is -2.59. The zero-order valence-electron chi connectivity index (χ0n) is 43.2. The van der Waals surface area contributed by atoms with E-state index in [1.165, 1.54) is 13.8 Å². The summed E-state index contributed by atoms with van der Waals surface area (Å²) in [5.74, 6) is 0.167. The quantitative estimate of drug-likeness (QED) is 0.0861. The van der Waals surface area contributed by atoms with Gasteiger partial charge in [0, 0.05) is 0 Å². The predicted molar refractivity (Wildman–Crippen MR) is 254 cm³/mol. The fourth-order valence-electron chi connectivity index (χ4n) is 14.3. The van der Waals surface area contributed by atoms with Gasteiger partial charge in [-0.05, 0) is 112 Å². The summed E-state index contributed by atoms with van der Waals surface area (Å²) in [7, 11) is 0. The molecule has 30 atom stereocenters. The Bertz CT molecular complexity index is 1890. The Balaban J connectivity index is 1.03. The van der Waals surface area contributed by atoms with Gasteiger partial charge in [-0.15, -0.1) is 0 Å². The van der Waals surface area contributed by atoms with Crippen molar-refractivity contribution in [2.75, 3.05) is 13.2 Å².